The van der Waals surface area contributed by atoms with E-state index in [2.05, 4.69) is 17.6 Å². The summed E-state index contributed by atoms with van der Waals surface area (Å²) < 4.78 is 0. The lowest BCUT2D eigenvalue weighted by Crippen LogP contribution is -2.50. The molecule has 0 saturated carbocycles. The molecule has 2 aliphatic rings. The number of nitrogens with one attached hydrogen (secondary N) is 2. The monoisotopic (exact) mass is 267 g/mol. The molecule has 0 radical (unpaired) electrons. The van der Waals surface area contributed by atoms with Crippen LogP contribution in [0.25, 0.3) is 0 Å². The van der Waals surface area contributed by atoms with Gasteiger partial charge in [0.1, 0.15) is 6.04 Å². The van der Waals surface area contributed by atoms with Gasteiger partial charge in [0.2, 0.25) is 11.8 Å². The standard InChI is InChI=1S/C14H25N3O2/c1-10-8-15-9-12(10)13(18)16-11(2)14(19)17-6-4-3-5-7-17/h10-12,15H,3-9H2,1-2H3,(H,16,18)/t10-,11?,12-/m1/s1. The number of carbonyl (C=O) groups excluding carboxylic acids is 2. The van der Waals surface area contributed by atoms with Gasteiger partial charge >= 0.3 is 0 Å². The van der Waals surface area contributed by atoms with Gasteiger partial charge in [0.05, 0.1) is 5.92 Å². The third kappa shape index (κ3) is 3.47. The summed E-state index contributed by atoms with van der Waals surface area (Å²) in [7, 11) is 0. The largest absolute Gasteiger partial charge is 0.344 e. The van der Waals surface area contributed by atoms with Gasteiger partial charge in [0.15, 0.2) is 0 Å². The summed E-state index contributed by atoms with van der Waals surface area (Å²) in [5, 5.41) is 6.09. The van der Waals surface area contributed by atoms with Crippen molar-refractivity contribution in [2.24, 2.45) is 11.8 Å². The van der Waals surface area contributed by atoms with Gasteiger partial charge in [-0.05, 0) is 38.6 Å². The fourth-order valence-corrected chi connectivity index (χ4v) is 2.93. The van der Waals surface area contributed by atoms with Gasteiger partial charge in [0, 0.05) is 19.6 Å². The van der Waals surface area contributed by atoms with E-state index >= 15 is 0 Å². The molecule has 2 fully saturated rings. The molecule has 0 aromatic rings. The molecule has 2 aliphatic heterocycles. The zero-order valence-corrected chi connectivity index (χ0v) is 11.9. The van der Waals surface area contributed by atoms with E-state index in [0.29, 0.717) is 5.92 Å². The lowest BCUT2D eigenvalue weighted by molar-refractivity contribution is -0.137. The van der Waals surface area contributed by atoms with Crippen molar-refractivity contribution >= 4 is 11.8 Å². The summed E-state index contributed by atoms with van der Waals surface area (Å²) in [5.41, 5.74) is 0. The van der Waals surface area contributed by atoms with Crippen LogP contribution in [0.15, 0.2) is 0 Å². The van der Waals surface area contributed by atoms with Crippen molar-refractivity contribution in [3.8, 4) is 0 Å². The van der Waals surface area contributed by atoms with Gasteiger partial charge in [-0.2, -0.15) is 0 Å². The van der Waals surface area contributed by atoms with Gasteiger partial charge in [0.25, 0.3) is 0 Å². The first-order valence-corrected chi connectivity index (χ1v) is 7.39. The molecule has 3 atom stereocenters. The molecule has 0 aromatic carbocycles. The summed E-state index contributed by atoms with van der Waals surface area (Å²) in [6.07, 6.45) is 3.36. The molecule has 0 aliphatic carbocycles. The third-order valence-electron chi connectivity index (χ3n) is 4.25. The number of hydrogen-bond acceptors (Lipinski definition) is 3. The summed E-state index contributed by atoms with van der Waals surface area (Å²) in [6, 6.07) is -0.404. The number of nitrogens with zero attached hydrogens (tertiary/aromatic N) is 1. The zero-order chi connectivity index (χ0) is 13.8. The van der Waals surface area contributed by atoms with Gasteiger partial charge in [-0.3, -0.25) is 9.59 Å². The predicted molar refractivity (Wildman–Crippen MR) is 73.6 cm³/mol. The van der Waals surface area contributed by atoms with Gasteiger partial charge in [-0.15, -0.1) is 0 Å². The molecule has 0 bridgehead atoms. The molecule has 5 nitrogen and oxygen atoms in total. The minimum absolute atomic E-state index is 0.00314. The maximum atomic E-state index is 12.2. The van der Waals surface area contributed by atoms with Crippen molar-refractivity contribution in [1.29, 1.82) is 0 Å². The average Bonchev–Trinajstić information content (AvgIpc) is 2.85. The van der Waals surface area contributed by atoms with E-state index in [0.717, 1.165) is 39.0 Å². The van der Waals surface area contributed by atoms with Gasteiger partial charge in [-0.1, -0.05) is 6.92 Å². The second-order valence-corrected chi connectivity index (χ2v) is 5.86. The van der Waals surface area contributed by atoms with Crippen LogP contribution in [0.2, 0.25) is 0 Å². The van der Waals surface area contributed by atoms with E-state index in [9.17, 15) is 9.59 Å². The first kappa shape index (κ1) is 14.3. The molecular weight excluding hydrogens is 242 g/mol. The quantitative estimate of drug-likeness (QED) is 0.776. The van der Waals surface area contributed by atoms with Crippen molar-refractivity contribution in [2.75, 3.05) is 26.2 Å². The van der Waals surface area contributed by atoms with E-state index in [1.54, 1.807) is 6.92 Å². The normalized spacial score (nSPS) is 29.1. The van der Waals surface area contributed by atoms with Gasteiger partial charge < -0.3 is 15.5 Å². The fourth-order valence-electron chi connectivity index (χ4n) is 2.93. The highest BCUT2D eigenvalue weighted by atomic mass is 16.2. The first-order valence-electron chi connectivity index (χ1n) is 7.39. The number of rotatable bonds is 3. The van der Waals surface area contributed by atoms with Crippen LogP contribution in [0.5, 0.6) is 0 Å². The van der Waals surface area contributed by atoms with E-state index in [-0.39, 0.29) is 17.7 Å². The van der Waals surface area contributed by atoms with Crippen LogP contribution in [-0.4, -0.2) is 48.9 Å². The number of hydrogen-bond donors (Lipinski definition) is 2. The first-order chi connectivity index (χ1) is 9.09. The minimum atomic E-state index is -0.404. The van der Waals surface area contributed by atoms with Crippen molar-refractivity contribution in [2.45, 2.75) is 39.2 Å². The Balaban J connectivity index is 1.83. The Morgan fingerprint density at radius 1 is 1.21 bits per heavy atom. The molecule has 2 heterocycles. The SMILES string of the molecule is CC(NC(=O)[C@@H]1CNC[C@H]1C)C(=O)N1CCCCC1. The van der Waals surface area contributed by atoms with E-state index < -0.39 is 6.04 Å². The molecule has 0 aromatic heterocycles. The predicted octanol–water partition coefficient (Wildman–Crippen LogP) is 0.359. The van der Waals surface area contributed by atoms with Crippen LogP contribution in [0.1, 0.15) is 33.1 Å². The van der Waals surface area contributed by atoms with Crippen LogP contribution in [0.4, 0.5) is 0 Å². The van der Waals surface area contributed by atoms with Crippen LogP contribution >= 0.6 is 0 Å². The molecule has 108 valence electrons. The Morgan fingerprint density at radius 3 is 2.47 bits per heavy atom. The Bertz CT molecular complexity index is 340. The Hall–Kier alpha value is -1.10. The number of likely N-dealkylation sites (tertiary alicyclic amines) is 1. The average molecular weight is 267 g/mol. The molecular formula is C14H25N3O2. The summed E-state index contributed by atoms with van der Waals surface area (Å²) >= 11 is 0. The summed E-state index contributed by atoms with van der Waals surface area (Å²) in [6.45, 7) is 7.13. The lowest BCUT2D eigenvalue weighted by atomic mass is 9.97. The molecule has 2 N–H and O–H groups in total. The van der Waals surface area contributed by atoms with Crippen LogP contribution in [0, 0.1) is 11.8 Å². The third-order valence-corrected chi connectivity index (χ3v) is 4.25. The van der Waals surface area contributed by atoms with Gasteiger partial charge in [-0.25, -0.2) is 0 Å². The molecule has 2 amide bonds. The minimum Gasteiger partial charge on any atom is -0.344 e. The fraction of sp³-hybridized carbons (Fsp3) is 0.857. The molecule has 5 heteroatoms. The Kier molecular flexibility index (Phi) is 4.80. The van der Waals surface area contributed by atoms with Crippen LogP contribution in [0.3, 0.4) is 0 Å². The number of amides is 2. The molecule has 19 heavy (non-hydrogen) atoms. The maximum absolute atomic E-state index is 12.2. The van der Waals surface area contributed by atoms with Crippen LogP contribution in [-0.2, 0) is 9.59 Å². The molecule has 1 unspecified atom stereocenters. The number of piperidine rings is 1. The second-order valence-electron chi connectivity index (χ2n) is 5.86. The van der Waals surface area contributed by atoms with Crippen molar-refractivity contribution in [3.63, 3.8) is 0 Å². The summed E-state index contributed by atoms with van der Waals surface area (Å²) in [4.78, 5) is 26.2. The van der Waals surface area contributed by atoms with Crippen molar-refractivity contribution < 1.29 is 9.59 Å². The summed E-state index contributed by atoms with van der Waals surface area (Å²) in [5.74, 6) is 0.413. The smallest absolute Gasteiger partial charge is 0.244 e. The van der Waals surface area contributed by atoms with Crippen molar-refractivity contribution in [3.05, 3.63) is 0 Å². The zero-order valence-electron chi connectivity index (χ0n) is 11.9. The van der Waals surface area contributed by atoms with E-state index in [1.165, 1.54) is 6.42 Å². The van der Waals surface area contributed by atoms with Crippen LogP contribution < -0.4 is 10.6 Å². The molecule has 2 saturated heterocycles. The number of carbonyl (C=O) groups is 2. The lowest BCUT2D eigenvalue weighted by Gasteiger charge is -2.30. The molecule has 2 rings (SSSR count). The van der Waals surface area contributed by atoms with E-state index in [4.69, 9.17) is 0 Å². The molecule has 0 spiro atoms. The highest BCUT2D eigenvalue weighted by molar-refractivity contribution is 5.88. The Labute approximate surface area is 115 Å². The Morgan fingerprint density at radius 2 is 1.89 bits per heavy atom. The highest BCUT2D eigenvalue weighted by Crippen LogP contribution is 2.16. The topological polar surface area (TPSA) is 61.4 Å². The maximum Gasteiger partial charge on any atom is 0.244 e. The van der Waals surface area contributed by atoms with Crippen molar-refractivity contribution in [1.82, 2.24) is 15.5 Å². The second kappa shape index (κ2) is 6.37. The van der Waals surface area contributed by atoms with E-state index in [1.807, 2.05) is 4.90 Å². The highest BCUT2D eigenvalue weighted by Gasteiger charge is 2.32.